The standard InChI is InChI=1S/C22H22ClN3O2/c1-13(2)18-7-5-6-14(3)20(18)24-22(28)21-19(27)12-15(4)26(25-21)17-10-8-16(23)9-11-17/h5-13H,1-4H3,(H,24,28). The summed E-state index contributed by atoms with van der Waals surface area (Å²) in [5.41, 5.74) is 3.45. The number of aromatic nitrogens is 2. The van der Waals surface area contributed by atoms with Crippen molar-refractivity contribution >= 4 is 23.2 Å². The van der Waals surface area contributed by atoms with Crippen LogP contribution in [0.25, 0.3) is 5.69 Å². The summed E-state index contributed by atoms with van der Waals surface area (Å²) in [6.07, 6.45) is 0. The summed E-state index contributed by atoms with van der Waals surface area (Å²) < 4.78 is 1.56. The highest BCUT2D eigenvalue weighted by molar-refractivity contribution is 6.30. The van der Waals surface area contributed by atoms with E-state index in [0.717, 1.165) is 22.5 Å². The lowest BCUT2D eigenvalue weighted by Crippen LogP contribution is -2.27. The zero-order valence-electron chi connectivity index (χ0n) is 16.3. The first-order valence-electron chi connectivity index (χ1n) is 9.05. The number of benzene rings is 2. The van der Waals surface area contributed by atoms with Crippen LogP contribution in [-0.4, -0.2) is 15.7 Å². The molecule has 0 spiro atoms. The molecule has 1 heterocycles. The molecular weight excluding hydrogens is 374 g/mol. The lowest BCUT2D eigenvalue weighted by atomic mass is 9.98. The Morgan fingerprint density at radius 3 is 2.43 bits per heavy atom. The number of nitrogens with zero attached hydrogens (tertiary/aromatic N) is 2. The maximum Gasteiger partial charge on any atom is 0.280 e. The Balaban J connectivity index is 2.03. The zero-order chi connectivity index (χ0) is 20.4. The Morgan fingerprint density at radius 1 is 1.11 bits per heavy atom. The van der Waals surface area contributed by atoms with Crippen LogP contribution in [0, 0.1) is 13.8 Å². The molecule has 0 atom stereocenters. The van der Waals surface area contributed by atoms with Crippen LogP contribution in [0.4, 0.5) is 5.69 Å². The van der Waals surface area contributed by atoms with Gasteiger partial charge in [-0.15, -0.1) is 0 Å². The summed E-state index contributed by atoms with van der Waals surface area (Å²) in [7, 11) is 0. The van der Waals surface area contributed by atoms with Gasteiger partial charge in [0, 0.05) is 22.5 Å². The van der Waals surface area contributed by atoms with Gasteiger partial charge in [-0.05, 0) is 55.2 Å². The van der Waals surface area contributed by atoms with Crippen molar-refractivity contribution < 1.29 is 4.79 Å². The fourth-order valence-corrected chi connectivity index (χ4v) is 3.19. The Bertz CT molecular complexity index is 1090. The van der Waals surface area contributed by atoms with Crippen LogP contribution in [0.15, 0.2) is 53.3 Å². The maximum absolute atomic E-state index is 12.9. The molecule has 5 nitrogen and oxygen atoms in total. The summed E-state index contributed by atoms with van der Waals surface area (Å²) in [5.74, 6) is -0.296. The van der Waals surface area contributed by atoms with E-state index in [-0.39, 0.29) is 11.6 Å². The Kier molecular flexibility index (Phi) is 5.66. The molecule has 0 aliphatic rings. The first kappa shape index (κ1) is 19.8. The number of carbonyl (C=O) groups is 1. The molecule has 0 bridgehead atoms. The predicted molar refractivity (Wildman–Crippen MR) is 113 cm³/mol. The minimum Gasteiger partial charge on any atom is -0.320 e. The minimum atomic E-state index is -0.524. The summed E-state index contributed by atoms with van der Waals surface area (Å²) >= 11 is 5.95. The van der Waals surface area contributed by atoms with E-state index in [1.807, 2.05) is 25.1 Å². The van der Waals surface area contributed by atoms with Gasteiger partial charge in [-0.25, -0.2) is 4.68 Å². The molecule has 2 aromatic carbocycles. The molecule has 144 valence electrons. The van der Waals surface area contributed by atoms with Crippen molar-refractivity contribution in [3.8, 4) is 5.69 Å². The lowest BCUT2D eigenvalue weighted by Gasteiger charge is -2.17. The van der Waals surface area contributed by atoms with E-state index in [9.17, 15) is 9.59 Å². The van der Waals surface area contributed by atoms with Crippen molar-refractivity contribution in [2.45, 2.75) is 33.6 Å². The smallest absolute Gasteiger partial charge is 0.280 e. The van der Waals surface area contributed by atoms with Crippen molar-refractivity contribution in [2.24, 2.45) is 0 Å². The maximum atomic E-state index is 12.9. The van der Waals surface area contributed by atoms with Crippen molar-refractivity contribution in [1.82, 2.24) is 9.78 Å². The molecule has 1 amide bonds. The molecule has 3 rings (SSSR count). The van der Waals surface area contributed by atoms with Gasteiger partial charge in [0.1, 0.15) is 0 Å². The van der Waals surface area contributed by atoms with Crippen molar-refractivity contribution in [3.63, 3.8) is 0 Å². The monoisotopic (exact) mass is 395 g/mol. The number of hydrogen-bond acceptors (Lipinski definition) is 3. The molecule has 0 radical (unpaired) electrons. The number of para-hydroxylation sites is 1. The van der Waals surface area contributed by atoms with Crippen LogP contribution in [0.3, 0.4) is 0 Å². The number of aryl methyl sites for hydroxylation is 2. The van der Waals surface area contributed by atoms with Crippen LogP contribution in [-0.2, 0) is 0 Å². The van der Waals surface area contributed by atoms with Crippen molar-refractivity contribution in [1.29, 1.82) is 0 Å². The minimum absolute atomic E-state index is 0.154. The second kappa shape index (κ2) is 7.98. The van der Waals surface area contributed by atoms with Crippen LogP contribution in [0.5, 0.6) is 0 Å². The van der Waals surface area contributed by atoms with Crippen LogP contribution < -0.4 is 10.7 Å². The molecule has 0 fully saturated rings. The van der Waals surface area contributed by atoms with E-state index in [2.05, 4.69) is 24.3 Å². The molecule has 0 saturated carbocycles. The van der Waals surface area contributed by atoms with Gasteiger partial charge in [0.05, 0.1) is 5.69 Å². The number of rotatable bonds is 4. The third kappa shape index (κ3) is 3.99. The molecule has 28 heavy (non-hydrogen) atoms. The molecule has 1 aromatic heterocycles. The van der Waals surface area contributed by atoms with Gasteiger partial charge in [-0.2, -0.15) is 5.10 Å². The van der Waals surface area contributed by atoms with Gasteiger partial charge in [0.2, 0.25) is 5.43 Å². The highest BCUT2D eigenvalue weighted by atomic mass is 35.5. The largest absolute Gasteiger partial charge is 0.320 e. The van der Waals surface area contributed by atoms with Gasteiger partial charge in [-0.1, -0.05) is 43.6 Å². The molecule has 6 heteroatoms. The average molecular weight is 396 g/mol. The fraction of sp³-hybridized carbons (Fsp3) is 0.227. The second-order valence-corrected chi connectivity index (χ2v) is 7.47. The molecule has 3 aromatic rings. The Morgan fingerprint density at radius 2 is 1.79 bits per heavy atom. The van der Waals surface area contributed by atoms with Gasteiger partial charge in [0.25, 0.3) is 5.91 Å². The SMILES string of the molecule is Cc1cccc(C(C)C)c1NC(=O)c1nn(-c2ccc(Cl)cc2)c(C)cc1=O. The Hall–Kier alpha value is -2.92. The van der Waals surface area contributed by atoms with Gasteiger partial charge in [-0.3, -0.25) is 9.59 Å². The predicted octanol–water partition coefficient (Wildman–Crippen LogP) is 4.88. The zero-order valence-corrected chi connectivity index (χ0v) is 17.0. The van der Waals surface area contributed by atoms with E-state index in [0.29, 0.717) is 10.7 Å². The van der Waals surface area contributed by atoms with Gasteiger partial charge >= 0.3 is 0 Å². The fourth-order valence-electron chi connectivity index (χ4n) is 3.06. The summed E-state index contributed by atoms with van der Waals surface area (Å²) in [5, 5.41) is 7.81. The van der Waals surface area contributed by atoms with E-state index in [1.165, 1.54) is 6.07 Å². The molecule has 1 N–H and O–H groups in total. The highest BCUT2D eigenvalue weighted by Crippen LogP contribution is 2.27. The topological polar surface area (TPSA) is 64.0 Å². The highest BCUT2D eigenvalue weighted by Gasteiger charge is 2.18. The Labute approximate surface area is 169 Å². The van der Waals surface area contributed by atoms with E-state index < -0.39 is 11.3 Å². The number of carbonyl (C=O) groups excluding carboxylic acids is 1. The van der Waals surface area contributed by atoms with Crippen LogP contribution in [0.2, 0.25) is 5.02 Å². The molecular formula is C22H22ClN3O2. The van der Waals surface area contributed by atoms with Crippen molar-refractivity contribution in [2.75, 3.05) is 5.32 Å². The van der Waals surface area contributed by atoms with E-state index in [1.54, 1.807) is 35.9 Å². The molecule has 0 aliphatic carbocycles. The number of halogens is 1. The summed E-state index contributed by atoms with van der Waals surface area (Å²) in [6, 6.07) is 14.3. The number of anilines is 1. The second-order valence-electron chi connectivity index (χ2n) is 7.03. The number of hydrogen-bond donors (Lipinski definition) is 1. The number of amides is 1. The molecule has 0 saturated heterocycles. The van der Waals surface area contributed by atoms with E-state index in [4.69, 9.17) is 11.6 Å². The van der Waals surface area contributed by atoms with Gasteiger partial charge in [0.15, 0.2) is 5.69 Å². The third-order valence-electron chi connectivity index (χ3n) is 4.56. The summed E-state index contributed by atoms with van der Waals surface area (Å²) in [4.78, 5) is 25.4. The van der Waals surface area contributed by atoms with Gasteiger partial charge < -0.3 is 5.32 Å². The first-order valence-corrected chi connectivity index (χ1v) is 9.43. The normalized spacial score (nSPS) is 10.9. The summed E-state index contributed by atoms with van der Waals surface area (Å²) in [6.45, 7) is 7.81. The molecule has 0 aliphatic heterocycles. The first-order chi connectivity index (χ1) is 13.3. The molecule has 0 unspecified atom stereocenters. The number of nitrogens with one attached hydrogen (secondary N) is 1. The van der Waals surface area contributed by atoms with Crippen molar-refractivity contribution in [3.05, 3.63) is 86.3 Å². The quantitative estimate of drug-likeness (QED) is 0.684. The third-order valence-corrected chi connectivity index (χ3v) is 4.81. The van der Waals surface area contributed by atoms with E-state index >= 15 is 0 Å². The average Bonchev–Trinajstić information content (AvgIpc) is 2.64. The van der Waals surface area contributed by atoms with Crippen LogP contribution in [0.1, 0.15) is 47.1 Å². The lowest BCUT2D eigenvalue weighted by molar-refractivity contribution is 0.101. The van der Waals surface area contributed by atoms with Crippen LogP contribution >= 0.6 is 11.6 Å².